The van der Waals surface area contributed by atoms with Crippen LogP contribution in [-0.4, -0.2) is 31.4 Å². The van der Waals surface area contributed by atoms with E-state index in [0.29, 0.717) is 23.8 Å². The molecule has 1 heterocycles. The number of carbonyl (C=O) groups excluding carboxylic acids is 1. The second-order valence-electron chi connectivity index (χ2n) is 7.16. The van der Waals surface area contributed by atoms with Crippen molar-refractivity contribution in [3.8, 4) is 29.1 Å². The van der Waals surface area contributed by atoms with E-state index in [4.69, 9.17) is 14.2 Å². The summed E-state index contributed by atoms with van der Waals surface area (Å²) in [6.45, 7) is 6.96. The maximum atomic E-state index is 12.0. The molecule has 0 saturated heterocycles. The van der Waals surface area contributed by atoms with E-state index in [-0.39, 0.29) is 24.8 Å². The fourth-order valence-electron chi connectivity index (χ4n) is 3.07. The third-order valence-electron chi connectivity index (χ3n) is 4.25. The summed E-state index contributed by atoms with van der Waals surface area (Å²) < 4.78 is 17.2. The highest BCUT2D eigenvalue weighted by Gasteiger charge is 2.32. The number of hydrogen-bond acceptors (Lipinski definition) is 4. The first kappa shape index (κ1) is 20.4. The molecule has 2 aromatic carbocycles. The monoisotopic (exact) mass is 394 g/mol. The second-order valence-corrected chi connectivity index (χ2v) is 7.16. The lowest BCUT2D eigenvalue weighted by Crippen LogP contribution is -2.29. The number of fused-ring (bicyclic) bond motifs is 1. The Labute approximate surface area is 171 Å². The Morgan fingerprint density at radius 2 is 1.90 bits per heavy atom. The standard InChI is InChI=1S/C23H26N2O4/c1-4-27-19-12-6-5-11-18(19)25-22(26)24-14-7-8-15-28-20-13-9-10-17-16-23(2,3)29-21(17)20/h5-6,9-13H,4,14-16H2,1-3H3,(H2,24,25,26). The molecular weight excluding hydrogens is 368 g/mol. The van der Waals surface area contributed by atoms with E-state index in [9.17, 15) is 4.79 Å². The fraction of sp³-hybridized carbons (Fsp3) is 0.348. The van der Waals surface area contributed by atoms with Gasteiger partial charge in [0.25, 0.3) is 0 Å². The van der Waals surface area contributed by atoms with Crippen molar-refractivity contribution in [2.45, 2.75) is 32.8 Å². The van der Waals surface area contributed by atoms with Gasteiger partial charge in [-0.15, -0.1) is 0 Å². The lowest BCUT2D eigenvalue weighted by molar-refractivity contribution is 0.133. The second kappa shape index (κ2) is 9.24. The van der Waals surface area contributed by atoms with Crippen LogP contribution < -0.4 is 24.8 Å². The van der Waals surface area contributed by atoms with Gasteiger partial charge < -0.3 is 24.8 Å². The summed E-state index contributed by atoms with van der Waals surface area (Å²) in [4.78, 5) is 12.0. The lowest BCUT2D eigenvalue weighted by atomic mass is 10.0. The normalized spacial score (nSPS) is 13.3. The number of urea groups is 1. The molecule has 1 aliphatic rings. The van der Waals surface area contributed by atoms with Gasteiger partial charge in [0.2, 0.25) is 0 Å². The van der Waals surface area contributed by atoms with E-state index < -0.39 is 0 Å². The summed E-state index contributed by atoms with van der Waals surface area (Å²) in [5, 5.41) is 5.45. The summed E-state index contributed by atoms with van der Waals surface area (Å²) in [5.74, 6) is 7.90. The zero-order valence-corrected chi connectivity index (χ0v) is 17.0. The summed E-state index contributed by atoms with van der Waals surface area (Å²) in [6, 6.07) is 12.8. The summed E-state index contributed by atoms with van der Waals surface area (Å²) in [5.41, 5.74) is 1.54. The van der Waals surface area contributed by atoms with E-state index in [1.165, 1.54) is 0 Å². The van der Waals surface area contributed by atoms with Crippen molar-refractivity contribution in [3.63, 3.8) is 0 Å². The Kier molecular flexibility index (Phi) is 6.50. The third kappa shape index (κ3) is 5.58. The molecule has 2 N–H and O–H groups in total. The van der Waals surface area contributed by atoms with Crippen LogP contribution in [0.1, 0.15) is 26.3 Å². The van der Waals surface area contributed by atoms with Crippen molar-refractivity contribution >= 4 is 11.7 Å². The quantitative estimate of drug-likeness (QED) is 0.727. The Hall–Kier alpha value is -3.33. The van der Waals surface area contributed by atoms with Gasteiger partial charge in [-0.2, -0.15) is 0 Å². The van der Waals surface area contributed by atoms with Crippen LogP contribution in [0.5, 0.6) is 17.2 Å². The third-order valence-corrected chi connectivity index (χ3v) is 4.25. The predicted octanol–water partition coefficient (Wildman–Crippen LogP) is 4.00. The van der Waals surface area contributed by atoms with Crippen molar-refractivity contribution < 1.29 is 19.0 Å². The maximum Gasteiger partial charge on any atom is 0.320 e. The maximum absolute atomic E-state index is 12.0. The van der Waals surface area contributed by atoms with Gasteiger partial charge >= 0.3 is 6.03 Å². The van der Waals surface area contributed by atoms with Gasteiger partial charge in [-0.25, -0.2) is 4.79 Å². The van der Waals surface area contributed by atoms with Gasteiger partial charge in [0.15, 0.2) is 11.5 Å². The molecule has 0 bridgehead atoms. The molecule has 0 radical (unpaired) electrons. The van der Waals surface area contributed by atoms with Crippen LogP contribution in [0.4, 0.5) is 10.5 Å². The highest BCUT2D eigenvalue weighted by atomic mass is 16.5. The van der Waals surface area contributed by atoms with Gasteiger partial charge in [-0.05, 0) is 39.0 Å². The van der Waals surface area contributed by atoms with E-state index >= 15 is 0 Å². The van der Waals surface area contributed by atoms with Crippen molar-refractivity contribution in [2.24, 2.45) is 0 Å². The number of ether oxygens (including phenoxy) is 3. The summed E-state index contributed by atoms with van der Waals surface area (Å²) in [6.07, 6.45) is 0.858. The van der Waals surface area contributed by atoms with Crippen LogP contribution >= 0.6 is 0 Å². The first-order valence-electron chi connectivity index (χ1n) is 9.64. The SMILES string of the molecule is CCOc1ccccc1NC(=O)NCC#CCOc1cccc2c1OC(C)(C)C2. The van der Waals surface area contributed by atoms with Crippen LogP contribution in [0, 0.1) is 11.8 Å². The first-order valence-corrected chi connectivity index (χ1v) is 9.64. The largest absolute Gasteiger partial charge is 0.492 e. The topological polar surface area (TPSA) is 68.8 Å². The van der Waals surface area contributed by atoms with Crippen molar-refractivity contribution in [3.05, 3.63) is 48.0 Å². The van der Waals surface area contributed by atoms with Crippen LogP contribution in [0.25, 0.3) is 0 Å². The lowest BCUT2D eigenvalue weighted by Gasteiger charge is -2.17. The number of carbonyl (C=O) groups is 1. The van der Waals surface area contributed by atoms with E-state index in [0.717, 1.165) is 17.7 Å². The molecule has 6 heteroatoms. The molecule has 0 fully saturated rings. The van der Waals surface area contributed by atoms with Crippen LogP contribution in [0.2, 0.25) is 0 Å². The Balaban J connectivity index is 1.44. The molecule has 0 saturated carbocycles. The molecule has 0 unspecified atom stereocenters. The number of para-hydroxylation sites is 3. The number of rotatable bonds is 6. The minimum Gasteiger partial charge on any atom is -0.492 e. The molecular formula is C23H26N2O4. The molecule has 3 rings (SSSR count). The highest BCUT2D eigenvalue weighted by Crippen LogP contribution is 2.41. The Morgan fingerprint density at radius 3 is 2.72 bits per heavy atom. The van der Waals surface area contributed by atoms with Crippen LogP contribution in [-0.2, 0) is 6.42 Å². The van der Waals surface area contributed by atoms with Crippen molar-refractivity contribution in [1.82, 2.24) is 5.32 Å². The number of hydrogen-bond donors (Lipinski definition) is 2. The number of nitrogens with one attached hydrogen (secondary N) is 2. The van der Waals surface area contributed by atoms with Crippen LogP contribution in [0.15, 0.2) is 42.5 Å². The molecule has 2 aromatic rings. The summed E-state index contributed by atoms with van der Waals surface area (Å²) >= 11 is 0. The summed E-state index contributed by atoms with van der Waals surface area (Å²) in [7, 11) is 0. The van der Waals surface area contributed by atoms with Gasteiger partial charge in [-0.3, -0.25) is 0 Å². The van der Waals surface area contributed by atoms with Crippen molar-refractivity contribution in [2.75, 3.05) is 25.1 Å². The van der Waals surface area contributed by atoms with Gasteiger partial charge in [0.1, 0.15) is 18.0 Å². The zero-order chi connectivity index (χ0) is 20.7. The Morgan fingerprint density at radius 1 is 1.10 bits per heavy atom. The number of amides is 2. The average Bonchev–Trinajstić information content (AvgIpc) is 3.01. The molecule has 0 spiro atoms. The molecule has 29 heavy (non-hydrogen) atoms. The van der Waals surface area contributed by atoms with E-state index in [1.54, 1.807) is 12.1 Å². The van der Waals surface area contributed by atoms with Gasteiger partial charge in [0.05, 0.1) is 18.8 Å². The van der Waals surface area contributed by atoms with Crippen molar-refractivity contribution in [1.29, 1.82) is 0 Å². The number of anilines is 1. The Bertz CT molecular complexity index is 928. The van der Waals surface area contributed by atoms with Gasteiger partial charge in [-0.1, -0.05) is 36.1 Å². The number of benzene rings is 2. The fourth-order valence-corrected chi connectivity index (χ4v) is 3.07. The minimum absolute atomic E-state index is 0.211. The molecule has 0 aromatic heterocycles. The van der Waals surface area contributed by atoms with E-state index in [1.807, 2.05) is 31.2 Å². The van der Waals surface area contributed by atoms with E-state index in [2.05, 4.69) is 42.4 Å². The molecule has 152 valence electrons. The highest BCUT2D eigenvalue weighted by molar-refractivity contribution is 5.91. The molecule has 0 atom stereocenters. The molecule has 0 aliphatic carbocycles. The first-order chi connectivity index (χ1) is 14.0. The average molecular weight is 394 g/mol. The molecule has 1 aliphatic heterocycles. The van der Waals surface area contributed by atoms with Crippen LogP contribution in [0.3, 0.4) is 0 Å². The zero-order valence-electron chi connectivity index (χ0n) is 17.0. The van der Waals surface area contributed by atoms with Gasteiger partial charge in [0, 0.05) is 12.0 Å². The predicted molar refractivity (Wildman–Crippen MR) is 113 cm³/mol. The molecule has 2 amide bonds. The molecule has 6 nitrogen and oxygen atoms in total. The smallest absolute Gasteiger partial charge is 0.320 e. The minimum atomic E-state index is -0.344.